The van der Waals surface area contributed by atoms with Crippen LogP contribution in [0.2, 0.25) is 0 Å². The number of amides is 1. The zero-order valence-electron chi connectivity index (χ0n) is 17.4. The number of aliphatic imine (C=N–C) groups is 1. The summed E-state index contributed by atoms with van der Waals surface area (Å²) in [6, 6.07) is 0.324. The third kappa shape index (κ3) is 6.09. The summed E-state index contributed by atoms with van der Waals surface area (Å²) in [7, 11) is 1.83. The predicted molar refractivity (Wildman–Crippen MR) is 111 cm³/mol. The Balaban J connectivity index is 1.31. The van der Waals surface area contributed by atoms with Crippen LogP contribution in [0.3, 0.4) is 0 Å². The van der Waals surface area contributed by atoms with Gasteiger partial charge in [0.15, 0.2) is 5.96 Å². The summed E-state index contributed by atoms with van der Waals surface area (Å²) in [6.07, 6.45) is 9.47. The normalized spacial score (nSPS) is 25.9. The molecule has 3 rings (SSSR count). The van der Waals surface area contributed by atoms with Gasteiger partial charge in [0.25, 0.3) is 0 Å². The van der Waals surface area contributed by atoms with Gasteiger partial charge < -0.3 is 20.4 Å². The third-order valence-corrected chi connectivity index (χ3v) is 6.59. The van der Waals surface area contributed by atoms with Crippen molar-refractivity contribution < 1.29 is 4.79 Å². The molecule has 3 fully saturated rings. The largest absolute Gasteiger partial charge is 0.356 e. The predicted octanol–water partition coefficient (Wildman–Crippen LogP) is 2.06. The number of nitrogens with zero attached hydrogens (tertiary/aromatic N) is 3. The highest BCUT2D eigenvalue weighted by Crippen LogP contribution is 2.27. The van der Waals surface area contributed by atoms with Crippen LogP contribution in [0.4, 0.5) is 0 Å². The smallest absolute Gasteiger partial charge is 0.225 e. The van der Waals surface area contributed by atoms with E-state index in [9.17, 15) is 4.79 Å². The Hall–Kier alpha value is -1.30. The molecule has 0 aromatic carbocycles. The molecule has 6 nitrogen and oxygen atoms in total. The standard InChI is InChI=1S/C21H39N5O/c1-17-8-13-25(14-9-17)12-5-11-23-21(22-2)24-19-10-15-26(16-19)20(27)18-6-3-4-7-18/h17-19H,3-16H2,1-2H3,(H2,22,23,24). The Morgan fingerprint density at radius 3 is 2.52 bits per heavy atom. The third-order valence-electron chi connectivity index (χ3n) is 6.59. The number of guanidine groups is 1. The van der Waals surface area contributed by atoms with Crippen LogP contribution >= 0.6 is 0 Å². The van der Waals surface area contributed by atoms with Crippen molar-refractivity contribution in [1.82, 2.24) is 20.4 Å². The first-order chi connectivity index (χ1) is 13.2. The Morgan fingerprint density at radius 2 is 1.81 bits per heavy atom. The molecule has 0 radical (unpaired) electrons. The van der Waals surface area contributed by atoms with Gasteiger partial charge in [-0.3, -0.25) is 9.79 Å². The van der Waals surface area contributed by atoms with E-state index in [2.05, 4.69) is 32.3 Å². The van der Waals surface area contributed by atoms with Crippen LogP contribution < -0.4 is 10.6 Å². The van der Waals surface area contributed by atoms with Gasteiger partial charge in [-0.15, -0.1) is 0 Å². The lowest BCUT2D eigenvalue weighted by atomic mass is 9.99. The zero-order valence-corrected chi connectivity index (χ0v) is 17.4. The lowest BCUT2D eigenvalue weighted by Crippen LogP contribution is -2.46. The van der Waals surface area contributed by atoms with Crippen molar-refractivity contribution in [2.75, 3.05) is 46.3 Å². The molecule has 154 valence electrons. The van der Waals surface area contributed by atoms with Crippen LogP contribution in [0, 0.1) is 11.8 Å². The summed E-state index contributed by atoms with van der Waals surface area (Å²) >= 11 is 0. The minimum Gasteiger partial charge on any atom is -0.356 e. The monoisotopic (exact) mass is 377 g/mol. The van der Waals surface area contributed by atoms with Gasteiger partial charge in [0.05, 0.1) is 0 Å². The average molecular weight is 378 g/mol. The van der Waals surface area contributed by atoms with E-state index in [-0.39, 0.29) is 0 Å². The Morgan fingerprint density at radius 1 is 1.07 bits per heavy atom. The van der Waals surface area contributed by atoms with Crippen LogP contribution in [0.15, 0.2) is 4.99 Å². The van der Waals surface area contributed by atoms with Crippen molar-refractivity contribution in [3.8, 4) is 0 Å². The molecule has 1 aliphatic carbocycles. The highest BCUT2D eigenvalue weighted by molar-refractivity contribution is 5.81. The number of nitrogens with one attached hydrogen (secondary N) is 2. The van der Waals surface area contributed by atoms with Gasteiger partial charge in [-0.1, -0.05) is 19.8 Å². The van der Waals surface area contributed by atoms with Gasteiger partial charge in [0, 0.05) is 38.6 Å². The molecule has 1 amide bonds. The van der Waals surface area contributed by atoms with Gasteiger partial charge >= 0.3 is 0 Å². The van der Waals surface area contributed by atoms with Crippen LogP contribution in [0.5, 0.6) is 0 Å². The molecule has 2 aliphatic heterocycles. The number of piperidine rings is 1. The molecule has 0 aromatic heterocycles. The molecule has 2 heterocycles. The molecule has 0 aromatic rings. The minimum absolute atomic E-state index is 0.291. The first kappa shape index (κ1) is 20.4. The number of hydrogen-bond acceptors (Lipinski definition) is 3. The van der Waals surface area contributed by atoms with E-state index in [0.717, 1.165) is 57.2 Å². The summed E-state index contributed by atoms with van der Waals surface area (Å²) in [4.78, 5) is 21.6. The van der Waals surface area contributed by atoms with E-state index >= 15 is 0 Å². The molecule has 0 bridgehead atoms. The van der Waals surface area contributed by atoms with Crippen molar-refractivity contribution >= 4 is 11.9 Å². The van der Waals surface area contributed by atoms with Crippen LogP contribution in [0.25, 0.3) is 0 Å². The molecule has 1 atom stereocenters. The summed E-state index contributed by atoms with van der Waals surface area (Å²) in [6.45, 7) is 8.69. The van der Waals surface area contributed by atoms with E-state index < -0.39 is 0 Å². The quantitative estimate of drug-likeness (QED) is 0.423. The lowest BCUT2D eigenvalue weighted by Gasteiger charge is -2.30. The molecule has 2 saturated heterocycles. The highest BCUT2D eigenvalue weighted by atomic mass is 16.2. The topological polar surface area (TPSA) is 60.0 Å². The van der Waals surface area contributed by atoms with E-state index in [0.29, 0.717) is 17.9 Å². The molecular weight excluding hydrogens is 338 g/mol. The fourth-order valence-electron chi connectivity index (χ4n) is 4.69. The van der Waals surface area contributed by atoms with Gasteiger partial charge in [0.2, 0.25) is 5.91 Å². The summed E-state index contributed by atoms with van der Waals surface area (Å²) < 4.78 is 0. The Kier molecular flexibility index (Phi) is 7.80. The summed E-state index contributed by atoms with van der Waals surface area (Å²) in [5.41, 5.74) is 0. The number of likely N-dealkylation sites (tertiary alicyclic amines) is 2. The molecule has 27 heavy (non-hydrogen) atoms. The first-order valence-electron chi connectivity index (χ1n) is 11.1. The summed E-state index contributed by atoms with van der Waals surface area (Å²) in [5.74, 6) is 2.45. The second-order valence-electron chi connectivity index (χ2n) is 8.77. The maximum absolute atomic E-state index is 12.6. The van der Waals surface area contributed by atoms with E-state index in [1.807, 2.05) is 7.05 Å². The van der Waals surface area contributed by atoms with Crippen molar-refractivity contribution in [3.63, 3.8) is 0 Å². The van der Waals surface area contributed by atoms with Gasteiger partial charge in [0.1, 0.15) is 0 Å². The second-order valence-corrected chi connectivity index (χ2v) is 8.77. The number of rotatable bonds is 6. The van der Waals surface area contributed by atoms with Gasteiger partial charge in [-0.2, -0.15) is 0 Å². The average Bonchev–Trinajstić information content (AvgIpc) is 3.37. The maximum Gasteiger partial charge on any atom is 0.225 e. The van der Waals surface area contributed by atoms with Crippen molar-refractivity contribution in [1.29, 1.82) is 0 Å². The first-order valence-corrected chi connectivity index (χ1v) is 11.1. The summed E-state index contributed by atoms with van der Waals surface area (Å²) in [5, 5.41) is 6.97. The fraction of sp³-hybridized carbons (Fsp3) is 0.905. The van der Waals surface area contributed by atoms with Crippen LogP contribution in [0.1, 0.15) is 58.3 Å². The Labute approximate surface area is 165 Å². The van der Waals surface area contributed by atoms with E-state index in [4.69, 9.17) is 0 Å². The van der Waals surface area contributed by atoms with E-state index in [1.165, 1.54) is 45.3 Å². The Bertz CT molecular complexity index is 495. The van der Waals surface area contributed by atoms with Gasteiger partial charge in [-0.25, -0.2) is 0 Å². The molecular formula is C21H39N5O. The van der Waals surface area contributed by atoms with Crippen LogP contribution in [-0.4, -0.2) is 74.0 Å². The van der Waals surface area contributed by atoms with Gasteiger partial charge in [-0.05, 0) is 64.1 Å². The minimum atomic E-state index is 0.291. The maximum atomic E-state index is 12.6. The van der Waals surface area contributed by atoms with E-state index in [1.54, 1.807) is 0 Å². The second kappa shape index (κ2) is 10.3. The molecule has 2 N–H and O–H groups in total. The molecule has 1 unspecified atom stereocenters. The molecule has 6 heteroatoms. The number of hydrogen-bond donors (Lipinski definition) is 2. The zero-order chi connectivity index (χ0) is 19.1. The van der Waals surface area contributed by atoms with Crippen LogP contribution in [-0.2, 0) is 4.79 Å². The number of carbonyl (C=O) groups is 1. The number of carbonyl (C=O) groups excluding carboxylic acids is 1. The molecule has 1 saturated carbocycles. The molecule has 0 spiro atoms. The molecule has 3 aliphatic rings. The lowest BCUT2D eigenvalue weighted by molar-refractivity contribution is -0.134. The van der Waals surface area contributed by atoms with Crippen molar-refractivity contribution in [2.45, 2.75) is 64.3 Å². The SMILES string of the molecule is CN=C(NCCCN1CCC(C)CC1)NC1CCN(C(=O)C2CCCC2)C1. The van der Waals surface area contributed by atoms with Crippen molar-refractivity contribution in [2.24, 2.45) is 16.8 Å². The highest BCUT2D eigenvalue weighted by Gasteiger charge is 2.32. The van der Waals surface area contributed by atoms with Crippen molar-refractivity contribution in [3.05, 3.63) is 0 Å². The fourth-order valence-corrected chi connectivity index (χ4v) is 4.69.